The Hall–Kier alpha value is -0.780. The van der Waals surface area contributed by atoms with Gasteiger partial charge in [0.1, 0.15) is 10.7 Å². The fraction of sp³-hybridized carbons (Fsp3) is 0.455. The van der Waals surface area contributed by atoms with E-state index in [-0.39, 0.29) is 0 Å². The molecule has 5 heteroatoms. The molecular weight excluding hydrogens is 238 g/mol. The summed E-state index contributed by atoms with van der Waals surface area (Å²) in [5.74, 6) is 0. The first-order valence-electron chi connectivity index (χ1n) is 5.37. The van der Waals surface area contributed by atoms with Gasteiger partial charge in [0.2, 0.25) is 0 Å². The SMILES string of the molecule is CCCNCc1sc(-c2cscn2)nc1C. The number of rotatable bonds is 5. The maximum atomic E-state index is 4.55. The lowest BCUT2D eigenvalue weighted by Crippen LogP contribution is -2.13. The normalized spacial score (nSPS) is 10.9. The third-order valence-electron chi connectivity index (χ3n) is 2.26. The summed E-state index contributed by atoms with van der Waals surface area (Å²) in [7, 11) is 0. The zero-order valence-electron chi connectivity index (χ0n) is 9.49. The number of hydrogen-bond donors (Lipinski definition) is 1. The molecule has 86 valence electrons. The quantitative estimate of drug-likeness (QED) is 0.832. The zero-order chi connectivity index (χ0) is 11.4. The molecule has 0 radical (unpaired) electrons. The van der Waals surface area contributed by atoms with E-state index in [0.717, 1.165) is 35.9 Å². The minimum Gasteiger partial charge on any atom is -0.312 e. The van der Waals surface area contributed by atoms with Gasteiger partial charge in [0.25, 0.3) is 0 Å². The molecule has 0 spiro atoms. The molecule has 0 amide bonds. The molecule has 2 aromatic rings. The van der Waals surface area contributed by atoms with Crippen molar-refractivity contribution in [1.82, 2.24) is 15.3 Å². The van der Waals surface area contributed by atoms with Crippen LogP contribution < -0.4 is 5.32 Å². The third kappa shape index (κ3) is 2.66. The van der Waals surface area contributed by atoms with E-state index in [1.165, 1.54) is 4.88 Å². The van der Waals surface area contributed by atoms with Crippen LogP contribution in [0, 0.1) is 6.92 Å². The van der Waals surface area contributed by atoms with Crippen LogP contribution >= 0.6 is 22.7 Å². The van der Waals surface area contributed by atoms with Crippen molar-refractivity contribution in [2.75, 3.05) is 6.54 Å². The monoisotopic (exact) mass is 253 g/mol. The van der Waals surface area contributed by atoms with Crippen molar-refractivity contribution >= 4 is 22.7 Å². The van der Waals surface area contributed by atoms with E-state index < -0.39 is 0 Å². The Labute approximate surface area is 104 Å². The first kappa shape index (κ1) is 11.7. The van der Waals surface area contributed by atoms with Crippen molar-refractivity contribution in [3.05, 3.63) is 21.5 Å². The Morgan fingerprint density at radius 1 is 1.44 bits per heavy atom. The van der Waals surface area contributed by atoms with Crippen molar-refractivity contribution in [2.45, 2.75) is 26.8 Å². The maximum absolute atomic E-state index is 4.55. The molecule has 0 saturated carbocycles. The fourth-order valence-corrected chi connectivity index (χ4v) is 3.01. The van der Waals surface area contributed by atoms with Gasteiger partial charge in [0.05, 0.1) is 11.2 Å². The van der Waals surface area contributed by atoms with Gasteiger partial charge in [-0.25, -0.2) is 9.97 Å². The molecule has 0 saturated heterocycles. The summed E-state index contributed by atoms with van der Waals surface area (Å²) in [5.41, 5.74) is 3.97. The number of nitrogens with one attached hydrogen (secondary N) is 1. The Kier molecular flexibility index (Phi) is 4.04. The standard InChI is InChI=1S/C11H15N3S2/c1-3-4-12-5-10-8(2)14-11(16-10)9-6-15-7-13-9/h6-7,12H,3-5H2,1-2H3. The van der Waals surface area contributed by atoms with E-state index in [2.05, 4.69) is 29.1 Å². The van der Waals surface area contributed by atoms with Gasteiger partial charge in [-0.2, -0.15) is 0 Å². The lowest BCUT2D eigenvalue weighted by molar-refractivity contribution is 0.678. The lowest BCUT2D eigenvalue weighted by Gasteiger charge is -1.99. The van der Waals surface area contributed by atoms with Crippen LogP contribution in [0.5, 0.6) is 0 Å². The topological polar surface area (TPSA) is 37.8 Å². The van der Waals surface area contributed by atoms with Crippen LogP contribution in [0.4, 0.5) is 0 Å². The van der Waals surface area contributed by atoms with E-state index >= 15 is 0 Å². The molecule has 0 aromatic carbocycles. The van der Waals surface area contributed by atoms with Gasteiger partial charge < -0.3 is 5.32 Å². The molecule has 16 heavy (non-hydrogen) atoms. The molecule has 0 atom stereocenters. The highest BCUT2D eigenvalue weighted by atomic mass is 32.1. The van der Waals surface area contributed by atoms with Gasteiger partial charge in [0.15, 0.2) is 0 Å². The van der Waals surface area contributed by atoms with E-state index in [9.17, 15) is 0 Å². The van der Waals surface area contributed by atoms with Crippen LogP contribution in [0.15, 0.2) is 10.9 Å². The van der Waals surface area contributed by atoms with E-state index in [4.69, 9.17) is 0 Å². The summed E-state index contributed by atoms with van der Waals surface area (Å²) in [6.07, 6.45) is 1.16. The molecule has 0 aliphatic rings. The zero-order valence-corrected chi connectivity index (χ0v) is 11.1. The van der Waals surface area contributed by atoms with Crippen molar-refractivity contribution < 1.29 is 0 Å². The van der Waals surface area contributed by atoms with Crippen LogP contribution in [0.25, 0.3) is 10.7 Å². The second-order valence-corrected chi connectivity index (χ2v) is 5.38. The van der Waals surface area contributed by atoms with Gasteiger partial charge in [-0.1, -0.05) is 6.92 Å². The molecule has 0 bridgehead atoms. The Morgan fingerprint density at radius 2 is 2.31 bits per heavy atom. The highest BCUT2D eigenvalue weighted by Crippen LogP contribution is 2.27. The van der Waals surface area contributed by atoms with Crippen LogP contribution in [-0.4, -0.2) is 16.5 Å². The van der Waals surface area contributed by atoms with E-state index in [0.29, 0.717) is 0 Å². The first-order chi connectivity index (χ1) is 7.81. The average Bonchev–Trinajstić information content (AvgIpc) is 2.88. The Morgan fingerprint density at radius 3 is 3.00 bits per heavy atom. The van der Waals surface area contributed by atoms with Crippen molar-refractivity contribution in [1.29, 1.82) is 0 Å². The minimum atomic E-state index is 0.918. The molecule has 2 rings (SSSR count). The van der Waals surface area contributed by atoms with E-state index in [1.807, 2.05) is 10.9 Å². The van der Waals surface area contributed by atoms with Gasteiger partial charge in [-0.3, -0.25) is 0 Å². The average molecular weight is 253 g/mol. The summed E-state index contributed by atoms with van der Waals surface area (Å²) in [4.78, 5) is 10.2. The lowest BCUT2D eigenvalue weighted by atomic mass is 10.4. The van der Waals surface area contributed by atoms with Crippen LogP contribution in [0.1, 0.15) is 23.9 Å². The second-order valence-electron chi connectivity index (χ2n) is 3.58. The van der Waals surface area contributed by atoms with Crippen molar-refractivity contribution in [3.63, 3.8) is 0 Å². The maximum Gasteiger partial charge on any atom is 0.143 e. The molecular formula is C11H15N3S2. The van der Waals surface area contributed by atoms with Crippen molar-refractivity contribution in [2.24, 2.45) is 0 Å². The number of aromatic nitrogens is 2. The number of hydrogen-bond acceptors (Lipinski definition) is 5. The van der Waals surface area contributed by atoms with Crippen LogP contribution in [0.2, 0.25) is 0 Å². The largest absolute Gasteiger partial charge is 0.312 e. The van der Waals surface area contributed by atoms with Crippen LogP contribution in [-0.2, 0) is 6.54 Å². The Bertz CT molecular complexity index is 434. The first-order valence-corrected chi connectivity index (χ1v) is 7.12. The van der Waals surface area contributed by atoms with Gasteiger partial charge >= 0.3 is 0 Å². The third-order valence-corrected chi connectivity index (χ3v) is 4.02. The predicted molar refractivity (Wildman–Crippen MR) is 70.0 cm³/mol. The molecule has 2 aromatic heterocycles. The molecule has 0 fully saturated rings. The molecule has 1 N–H and O–H groups in total. The molecule has 3 nitrogen and oxygen atoms in total. The summed E-state index contributed by atoms with van der Waals surface area (Å²) < 4.78 is 0. The van der Waals surface area contributed by atoms with Crippen molar-refractivity contribution in [3.8, 4) is 10.7 Å². The molecule has 0 aliphatic carbocycles. The highest BCUT2D eigenvalue weighted by molar-refractivity contribution is 7.15. The van der Waals surface area contributed by atoms with Gasteiger partial charge in [-0.05, 0) is 19.9 Å². The number of nitrogens with zero attached hydrogens (tertiary/aromatic N) is 2. The summed E-state index contributed by atoms with van der Waals surface area (Å²) in [5, 5.41) is 6.48. The molecule has 2 heterocycles. The van der Waals surface area contributed by atoms with Gasteiger partial charge in [0, 0.05) is 16.8 Å². The minimum absolute atomic E-state index is 0.918. The highest BCUT2D eigenvalue weighted by Gasteiger charge is 2.09. The Balaban J connectivity index is 2.10. The van der Waals surface area contributed by atoms with E-state index in [1.54, 1.807) is 22.7 Å². The predicted octanol–water partition coefficient (Wildman–Crippen LogP) is 3.07. The second kappa shape index (κ2) is 5.52. The summed E-state index contributed by atoms with van der Waals surface area (Å²) >= 11 is 3.35. The fourth-order valence-electron chi connectivity index (χ4n) is 1.40. The number of thiazole rings is 2. The molecule has 0 unspecified atom stereocenters. The number of aryl methyl sites for hydroxylation is 1. The van der Waals surface area contributed by atoms with Crippen LogP contribution in [0.3, 0.4) is 0 Å². The smallest absolute Gasteiger partial charge is 0.143 e. The summed E-state index contributed by atoms with van der Waals surface area (Å²) in [6, 6.07) is 0. The van der Waals surface area contributed by atoms with Gasteiger partial charge in [-0.15, -0.1) is 22.7 Å². The molecule has 0 aliphatic heterocycles. The summed E-state index contributed by atoms with van der Waals surface area (Å²) in [6.45, 7) is 6.22.